The van der Waals surface area contributed by atoms with Gasteiger partial charge in [0.05, 0.1) is 32.0 Å². The first kappa shape index (κ1) is 56.0. The summed E-state index contributed by atoms with van der Waals surface area (Å²) in [6.45, 7) is -1.86. The number of rotatable bonds is 33. The number of carboxylic acids is 4. The molecule has 0 heterocycles. The fourth-order valence-corrected chi connectivity index (χ4v) is 5.15. The summed E-state index contributed by atoms with van der Waals surface area (Å²) in [6, 6.07) is -12.5. The molecule has 354 valence electrons. The van der Waals surface area contributed by atoms with E-state index in [4.69, 9.17) is 22.9 Å². The molecule has 0 spiro atoms. The van der Waals surface area contributed by atoms with E-state index in [-0.39, 0.29) is 32.2 Å². The van der Waals surface area contributed by atoms with Crippen LogP contribution in [0.2, 0.25) is 0 Å². The summed E-state index contributed by atoms with van der Waals surface area (Å²) < 4.78 is 0. The Kier molecular flexibility index (Phi) is 26.0. The zero-order chi connectivity index (χ0) is 48.4. The van der Waals surface area contributed by atoms with E-state index < -0.39 is 171 Å². The number of primary amides is 2. The van der Waals surface area contributed by atoms with Gasteiger partial charge in [0.15, 0.2) is 0 Å². The summed E-state index contributed by atoms with van der Waals surface area (Å²) in [5.74, 6) is -16.7. The van der Waals surface area contributed by atoms with Gasteiger partial charge in [-0.15, -0.1) is 0 Å². The van der Waals surface area contributed by atoms with Crippen LogP contribution in [0.4, 0.5) is 0 Å². The Morgan fingerprint density at radius 3 is 1.35 bits per heavy atom. The van der Waals surface area contributed by atoms with Crippen LogP contribution in [0.25, 0.3) is 0 Å². The van der Waals surface area contributed by atoms with Gasteiger partial charge < -0.3 is 85.7 Å². The average Bonchev–Trinajstić information content (AvgIpc) is 3.19. The topological polar surface area (TPSA) is 511 Å². The quantitative estimate of drug-likeness (QED) is 0.0272. The lowest BCUT2D eigenvalue weighted by atomic mass is 10.1. The van der Waals surface area contributed by atoms with Gasteiger partial charge in [-0.1, -0.05) is 0 Å². The first-order chi connectivity index (χ1) is 29.4. The monoisotopic (exact) mass is 905 g/mol. The Morgan fingerprint density at radius 1 is 0.460 bits per heavy atom. The minimum Gasteiger partial charge on any atom is -0.481 e. The number of aliphatic hydroxyl groups is 1. The summed E-state index contributed by atoms with van der Waals surface area (Å²) in [7, 11) is 0. The fraction of sp³-hybridized carbons (Fsp3) is 0.618. The minimum atomic E-state index is -2.05. The Balaban J connectivity index is 6.18. The highest BCUT2D eigenvalue weighted by Crippen LogP contribution is 2.07. The summed E-state index contributed by atoms with van der Waals surface area (Å²) >= 11 is 0. The Morgan fingerprint density at radius 2 is 0.905 bits per heavy atom. The molecular formula is C34H55N11O18. The molecule has 0 aromatic rings. The molecule has 9 amide bonds. The van der Waals surface area contributed by atoms with Crippen LogP contribution in [0.3, 0.4) is 0 Å². The summed E-state index contributed by atoms with van der Waals surface area (Å²) in [5, 5.41) is 61.7. The van der Waals surface area contributed by atoms with Crippen molar-refractivity contribution in [2.75, 3.05) is 19.7 Å². The van der Waals surface area contributed by atoms with Crippen molar-refractivity contribution in [1.29, 1.82) is 0 Å². The number of hydrogen-bond acceptors (Lipinski definition) is 16. The number of hydrogen-bond donors (Lipinski definition) is 16. The number of aliphatic hydroxyl groups excluding tert-OH is 1. The lowest BCUT2D eigenvalue weighted by molar-refractivity contribution is -0.144. The number of unbranched alkanes of at least 4 members (excludes halogenated alkanes) is 1. The summed E-state index contributed by atoms with van der Waals surface area (Å²) in [4.78, 5) is 160. The van der Waals surface area contributed by atoms with Gasteiger partial charge in [-0.3, -0.25) is 57.5 Å². The van der Waals surface area contributed by atoms with E-state index in [1.54, 1.807) is 0 Å². The molecule has 20 N–H and O–H groups in total. The molecule has 0 rings (SSSR count). The number of carbonyl (C=O) groups excluding carboxylic acids is 9. The Bertz CT molecular complexity index is 1700. The van der Waals surface area contributed by atoms with Crippen LogP contribution in [0.15, 0.2) is 0 Å². The molecule has 0 fully saturated rings. The number of carboxylic acid groups (broad SMARTS) is 4. The van der Waals surface area contributed by atoms with Crippen LogP contribution in [0.1, 0.15) is 70.6 Å². The molecule has 0 aliphatic rings. The highest BCUT2D eigenvalue weighted by atomic mass is 16.4. The number of nitrogens with two attached hydrogens (primary N) is 4. The lowest BCUT2D eigenvalue weighted by Gasteiger charge is -2.26. The number of amides is 9. The second kappa shape index (κ2) is 29.3. The Labute approximate surface area is 357 Å². The molecule has 0 unspecified atom stereocenters. The second-order valence-corrected chi connectivity index (χ2v) is 13.7. The highest BCUT2D eigenvalue weighted by molar-refractivity contribution is 5.99. The van der Waals surface area contributed by atoms with Crippen molar-refractivity contribution in [3.8, 4) is 0 Å². The summed E-state index contributed by atoms with van der Waals surface area (Å²) in [6.07, 6.45) is -4.91. The van der Waals surface area contributed by atoms with Crippen LogP contribution in [-0.2, 0) is 62.3 Å². The molecule has 0 aromatic carbocycles. The SMILES string of the molecule is NCCCC[C@H](NC(=O)[C@H](CC(=O)O)NC(=O)[C@H](CC(N)=O)NC(=O)[C@H](CO)NC(=O)[C@H](CCC(=O)O)NC(=O)[C@H](CCC(=O)O)NC(=O)CNC(=O)[C@@H](N)CCC(N)=O)C(=O)O. The van der Waals surface area contributed by atoms with Gasteiger partial charge in [0.2, 0.25) is 53.2 Å². The van der Waals surface area contributed by atoms with E-state index in [2.05, 4.69) is 21.3 Å². The first-order valence-electron chi connectivity index (χ1n) is 19.0. The third-order valence-electron chi connectivity index (χ3n) is 8.47. The Hall–Kier alpha value is -7.01. The van der Waals surface area contributed by atoms with Crippen LogP contribution in [0, 0.1) is 0 Å². The van der Waals surface area contributed by atoms with Gasteiger partial charge in [-0.25, -0.2) is 4.79 Å². The largest absolute Gasteiger partial charge is 0.481 e. The molecule has 0 saturated heterocycles. The molecule has 29 heteroatoms. The second-order valence-electron chi connectivity index (χ2n) is 13.7. The maximum absolute atomic E-state index is 13.4. The molecule has 0 saturated carbocycles. The molecule has 29 nitrogen and oxygen atoms in total. The van der Waals surface area contributed by atoms with E-state index in [1.165, 1.54) is 0 Å². The van der Waals surface area contributed by atoms with Gasteiger partial charge >= 0.3 is 23.9 Å². The van der Waals surface area contributed by atoms with E-state index in [0.717, 1.165) is 0 Å². The normalized spacial score (nSPS) is 14.0. The number of carbonyl (C=O) groups is 13. The molecule has 7 atom stereocenters. The first-order valence-corrected chi connectivity index (χ1v) is 19.0. The van der Waals surface area contributed by atoms with E-state index in [0.29, 0.717) is 6.42 Å². The van der Waals surface area contributed by atoms with Crippen LogP contribution < -0.4 is 60.2 Å². The van der Waals surface area contributed by atoms with Crippen molar-refractivity contribution in [1.82, 2.24) is 37.2 Å². The molecule has 0 radical (unpaired) electrons. The summed E-state index contributed by atoms with van der Waals surface area (Å²) in [5.41, 5.74) is 21.2. The third-order valence-corrected chi connectivity index (χ3v) is 8.47. The van der Waals surface area contributed by atoms with Crippen molar-refractivity contribution in [3.05, 3.63) is 0 Å². The van der Waals surface area contributed by atoms with Gasteiger partial charge in [0, 0.05) is 19.3 Å². The predicted molar refractivity (Wildman–Crippen MR) is 208 cm³/mol. The molecular weight excluding hydrogens is 850 g/mol. The smallest absolute Gasteiger partial charge is 0.326 e. The van der Waals surface area contributed by atoms with Gasteiger partial charge in [0.1, 0.15) is 36.3 Å². The third kappa shape index (κ3) is 24.1. The lowest BCUT2D eigenvalue weighted by Crippen LogP contribution is -2.61. The number of aliphatic carboxylic acids is 4. The van der Waals surface area contributed by atoms with Gasteiger partial charge in [0.25, 0.3) is 0 Å². The molecule has 0 aliphatic carbocycles. The number of nitrogens with one attached hydrogen (secondary N) is 7. The van der Waals surface area contributed by atoms with Crippen molar-refractivity contribution >= 4 is 77.0 Å². The molecule has 0 aromatic heterocycles. The van der Waals surface area contributed by atoms with Gasteiger partial charge in [-0.05, 0) is 45.1 Å². The van der Waals surface area contributed by atoms with Gasteiger partial charge in [-0.2, -0.15) is 0 Å². The molecule has 0 aliphatic heterocycles. The zero-order valence-corrected chi connectivity index (χ0v) is 33.8. The molecule has 0 bridgehead atoms. The van der Waals surface area contributed by atoms with E-state index >= 15 is 0 Å². The predicted octanol–water partition coefficient (Wildman–Crippen LogP) is -8.11. The average molecular weight is 906 g/mol. The minimum absolute atomic E-state index is 0.122. The van der Waals surface area contributed by atoms with Crippen molar-refractivity contribution in [2.45, 2.75) is 113 Å². The fourth-order valence-electron chi connectivity index (χ4n) is 5.15. The van der Waals surface area contributed by atoms with Crippen LogP contribution in [-0.4, -0.2) is 165 Å². The standard InChI is InChI=1S/C34H55N11O18/c35-10-2-1-3-18(34(62)63)42-32(60)20(12-27(54)55)44-31(59)19(11-23(38)48)43-33(61)21(14-46)45-30(58)17(6-9-26(52)53)41-29(57)16(5-8-25(50)51)40-24(49)13-39-28(56)15(36)4-7-22(37)47/h15-21,46H,1-14,35-36H2,(H2,37,47)(H2,38,48)(H,39,56)(H,40,49)(H,41,57)(H,42,60)(H,43,61)(H,44,59)(H,45,58)(H,50,51)(H,52,53)(H,54,55)(H,62,63)/t15-,16-,17-,18-,19-,20-,21-/m0/s1. The van der Waals surface area contributed by atoms with Crippen LogP contribution in [0.5, 0.6) is 0 Å². The van der Waals surface area contributed by atoms with Crippen molar-refractivity contribution in [3.63, 3.8) is 0 Å². The van der Waals surface area contributed by atoms with Crippen molar-refractivity contribution < 1.29 is 87.9 Å². The highest BCUT2D eigenvalue weighted by Gasteiger charge is 2.35. The van der Waals surface area contributed by atoms with Crippen LogP contribution >= 0.6 is 0 Å². The van der Waals surface area contributed by atoms with Crippen molar-refractivity contribution in [2.24, 2.45) is 22.9 Å². The van der Waals surface area contributed by atoms with E-state index in [1.807, 2.05) is 16.0 Å². The maximum atomic E-state index is 13.4. The maximum Gasteiger partial charge on any atom is 0.326 e. The van der Waals surface area contributed by atoms with E-state index in [9.17, 15) is 87.9 Å². The zero-order valence-electron chi connectivity index (χ0n) is 33.8. The molecule has 63 heavy (non-hydrogen) atoms.